The number of aromatic nitrogens is 2. The van der Waals surface area contributed by atoms with E-state index in [-0.39, 0.29) is 17.6 Å². The molecule has 1 saturated heterocycles. The number of thiophene rings is 1. The van der Waals surface area contributed by atoms with Gasteiger partial charge in [-0.05, 0) is 74.9 Å². The largest absolute Gasteiger partial charge is 0.465 e. The Labute approximate surface area is 206 Å². The van der Waals surface area contributed by atoms with Crippen molar-refractivity contribution in [2.75, 3.05) is 25.5 Å². The van der Waals surface area contributed by atoms with Crippen LogP contribution in [-0.4, -0.2) is 47.1 Å². The molecule has 3 aromatic rings. The number of likely N-dealkylation sites (tertiary alicyclic amines) is 1. The number of amides is 1. The van der Waals surface area contributed by atoms with Crippen molar-refractivity contribution in [3.63, 3.8) is 0 Å². The molecule has 0 saturated carbocycles. The fourth-order valence-corrected chi connectivity index (χ4v) is 6.11. The number of carbonyl (C=O) groups excluding carboxylic acids is 2. The van der Waals surface area contributed by atoms with E-state index < -0.39 is 5.97 Å². The third-order valence-corrected chi connectivity index (χ3v) is 7.81. The van der Waals surface area contributed by atoms with E-state index in [1.165, 1.54) is 35.5 Å². The number of hydrogen-bond acceptors (Lipinski definition) is 8. The number of anilines is 1. The highest BCUT2D eigenvalue weighted by atomic mass is 32.1. The minimum Gasteiger partial charge on any atom is -0.465 e. The normalized spacial score (nSPS) is 18.2. The number of nitrogens with one attached hydrogen (secondary N) is 1. The molecule has 2 aromatic heterocycles. The number of hydrogen-bond donors (Lipinski definition) is 1. The van der Waals surface area contributed by atoms with Gasteiger partial charge in [0.05, 0.1) is 25.1 Å². The van der Waals surface area contributed by atoms with Gasteiger partial charge in [-0.25, -0.2) is 9.18 Å². The Morgan fingerprint density at radius 1 is 1.23 bits per heavy atom. The standard InChI is InChI=1S/C25H27FN4O4S/c1-33-25(32)21-18-6-2-3-7-19(18)35-24(21)28-23(31)16-5-4-12-30(13-16)14-20-27-22(29-34-20)15-8-10-17(26)11-9-15/h8-11,16H,2-7,12-14H2,1H3,(H,28,31). The highest BCUT2D eigenvalue weighted by molar-refractivity contribution is 7.17. The zero-order valence-corrected chi connectivity index (χ0v) is 20.3. The number of ether oxygens (including phenoxy) is 1. The molecule has 1 unspecified atom stereocenters. The van der Waals surface area contributed by atoms with Gasteiger partial charge in [-0.2, -0.15) is 4.98 Å². The van der Waals surface area contributed by atoms with Gasteiger partial charge in [0, 0.05) is 17.0 Å². The molecule has 8 nitrogen and oxygen atoms in total. The summed E-state index contributed by atoms with van der Waals surface area (Å²) in [5.74, 6) is -0.161. The average molecular weight is 499 g/mol. The maximum absolute atomic E-state index is 13.2. The van der Waals surface area contributed by atoms with E-state index in [4.69, 9.17) is 9.26 Å². The van der Waals surface area contributed by atoms with Crippen molar-refractivity contribution in [3.05, 3.63) is 52.0 Å². The predicted molar refractivity (Wildman–Crippen MR) is 129 cm³/mol. The third-order valence-electron chi connectivity index (χ3n) is 6.60. The van der Waals surface area contributed by atoms with Crippen LogP contribution >= 0.6 is 11.3 Å². The number of carbonyl (C=O) groups is 2. The van der Waals surface area contributed by atoms with Crippen molar-refractivity contribution < 1.29 is 23.2 Å². The van der Waals surface area contributed by atoms with Gasteiger partial charge in [0.25, 0.3) is 0 Å². The number of methoxy groups -OCH3 is 1. The highest BCUT2D eigenvalue weighted by Gasteiger charge is 2.31. The lowest BCUT2D eigenvalue weighted by Crippen LogP contribution is -2.40. The second-order valence-electron chi connectivity index (χ2n) is 8.99. The molecule has 0 bridgehead atoms. The second kappa shape index (κ2) is 10.2. The van der Waals surface area contributed by atoms with E-state index >= 15 is 0 Å². The summed E-state index contributed by atoms with van der Waals surface area (Å²) in [4.78, 5) is 33.4. The number of halogens is 1. The van der Waals surface area contributed by atoms with Crippen molar-refractivity contribution in [1.29, 1.82) is 0 Å². The second-order valence-corrected chi connectivity index (χ2v) is 10.1. The van der Waals surface area contributed by atoms with Crippen LogP contribution in [0.15, 0.2) is 28.8 Å². The van der Waals surface area contributed by atoms with Crippen LogP contribution in [0.25, 0.3) is 11.4 Å². The summed E-state index contributed by atoms with van der Waals surface area (Å²) >= 11 is 1.50. The van der Waals surface area contributed by atoms with Crippen molar-refractivity contribution in [2.24, 2.45) is 5.92 Å². The minimum atomic E-state index is -0.390. The van der Waals surface area contributed by atoms with Crippen LogP contribution in [0.4, 0.5) is 9.39 Å². The fraction of sp³-hybridized carbons (Fsp3) is 0.440. The molecule has 0 spiro atoms. The quantitative estimate of drug-likeness (QED) is 0.502. The van der Waals surface area contributed by atoms with Crippen LogP contribution in [0.3, 0.4) is 0 Å². The van der Waals surface area contributed by atoms with E-state index in [9.17, 15) is 14.0 Å². The maximum Gasteiger partial charge on any atom is 0.341 e. The SMILES string of the molecule is COC(=O)c1c(NC(=O)C2CCCN(Cc3nc(-c4ccc(F)cc4)no3)C2)sc2c1CCCC2. The van der Waals surface area contributed by atoms with E-state index in [2.05, 4.69) is 20.4 Å². The number of fused-ring (bicyclic) bond motifs is 1. The summed E-state index contributed by atoms with van der Waals surface area (Å²) in [5.41, 5.74) is 2.23. The molecule has 1 aromatic carbocycles. The monoisotopic (exact) mass is 498 g/mol. The molecule has 5 rings (SSSR count). The third kappa shape index (κ3) is 5.13. The molecule has 10 heteroatoms. The van der Waals surface area contributed by atoms with E-state index in [1.54, 1.807) is 12.1 Å². The lowest BCUT2D eigenvalue weighted by atomic mass is 9.95. The number of nitrogens with zero attached hydrogens (tertiary/aromatic N) is 3. The topological polar surface area (TPSA) is 97.6 Å². The molecule has 0 radical (unpaired) electrons. The van der Waals surface area contributed by atoms with Crippen molar-refractivity contribution in [2.45, 2.75) is 45.1 Å². The molecular weight excluding hydrogens is 471 g/mol. The van der Waals surface area contributed by atoms with Gasteiger partial charge in [0.2, 0.25) is 17.6 Å². The van der Waals surface area contributed by atoms with Crippen molar-refractivity contribution >= 4 is 28.2 Å². The zero-order valence-electron chi connectivity index (χ0n) is 19.5. The summed E-state index contributed by atoms with van der Waals surface area (Å²) in [6.45, 7) is 1.80. The first-order valence-corrected chi connectivity index (χ1v) is 12.7. The summed E-state index contributed by atoms with van der Waals surface area (Å²) in [5, 5.41) is 7.64. The molecule has 1 amide bonds. The Morgan fingerprint density at radius 2 is 2.03 bits per heavy atom. The van der Waals surface area contributed by atoms with Crippen LogP contribution in [-0.2, 0) is 28.9 Å². The predicted octanol–water partition coefficient (Wildman–Crippen LogP) is 4.45. The first-order valence-electron chi connectivity index (χ1n) is 11.9. The lowest BCUT2D eigenvalue weighted by Gasteiger charge is -2.30. The average Bonchev–Trinajstić information content (AvgIpc) is 3.48. The number of rotatable bonds is 6. The van der Waals surface area contributed by atoms with E-state index in [0.29, 0.717) is 40.9 Å². The lowest BCUT2D eigenvalue weighted by molar-refractivity contribution is -0.121. The van der Waals surface area contributed by atoms with Gasteiger partial charge in [0.15, 0.2) is 0 Å². The molecule has 35 heavy (non-hydrogen) atoms. The van der Waals surface area contributed by atoms with Crippen LogP contribution in [0.5, 0.6) is 0 Å². The Kier molecular flexibility index (Phi) is 6.92. The first kappa shape index (κ1) is 23.6. The molecule has 1 fully saturated rings. The summed E-state index contributed by atoms with van der Waals surface area (Å²) in [7, 11) is 1.37. The Hall–Kier alpha value is -3.11. The first-order chi connectivity index (χ1) is 17.0. The number of aryl methyl sites for hydroxylation is 1. The minimum absolute atomic E-state index is 0.0871. The molecular formula is C25H27FN4O4S. The zero-order chi connectivity index (χ0) is 24.4. The molecule has 2 aliphatic rings. The molecule has 3 heterocycles. The van der Waals surface area contributed by atoms with Crippen molar-refractivity contribution in [1.82, 2.24) is 15.0 Å². The van der Waals surface area contributed by atoms with Crippen LogP contribution in [0.2, 0.25) is 0 Å². The van der Waals surface area contributed by atoms with Gasteiger partial charge in [0.1, 0.15) is 10.8 Å². The Morgan fingerprint density at radius 3 is 2.83 bits per heavy atom. The van der Waals surface area contributed by atoms with Crippen LogP contribution < -0.4 is 5.32 Å². The molecule has 184 valence electrons. The molecule has 1 atom stereocenters. The number of piperidine rings is 1. The number of benzene rings is 1. The van der Waals surface area contributed by atoms with E-state index in [1.807, 2.05) is 0 Å². The highest BCUT2D eigenvalue weighted by Crippen LogP contribution is 2.39. The Balaban J connectivity index is 1.24. The number of esters is 1. The van der Waals surface area contributed by atoms with Gasteiger partial charge in [-0.1, -0.05) is 5.16 Å². The van der Waals surface area contributed by atoms with Crippen molar-refractivity contribution in [3.8, 4) is 11.4 Å². The van der Waals surface area contributed by atoms with E-state index in [0.717, 1.165) is 50.6 Å². The van der Waals surface area contributed by atoms with Crippen LogP contribution in [0, 0.1) is 11.7 Å². The van der Waals surface area contributed by atoms with Gasteiger partial charge < -0.3 is 14.6 Å². The van der Waals surface area contributed by atoms with Gasteiger partial charge in [-0.3, -0.25) is 9.69 Å². The molecule has 1 aliphatic carbocycles. The smallest absolute Gasteiger partial charge is 0.341 e. The summed E-state index contributed by atoms with van der Waals surface area (Å²) in [6, 6.07) is 5.93. The Bertz CT molecular complexity index is 1220. The van der Waals surface area contributed by atoms with Gasteiger partial charge in [-0.15, -0.1) is 11.3 Å². The molecule has 1 aliphatic heterocycles. The van der Waals surface area contributed by atoms with Crippen LogP contribution in [0.1, 0.15) is 52.4 Å². The maximum atomic E-state index is 13.2. The molecule has 1 N–H and O–H groups in total. The summed E-state index contributed by atoms with van der Waals surface area (Å²) < 4.78 is 23.6. The summed E-state index contributed by atoms with van der Waals surface area (Å²) in [6.07, 6.45) is 5.54. The van der Waals surface area contributed by atoms with Gasteiger partial charge >= 0.3 is 5.97 Å². The fourth-order valence-electron chi connectivity index (χ4n) is 4.83.